The number of hydrogen-bond acceptors (Lipinski definition) is 7. The predicted octanol–water partition coefficient (Wildman–Crippen LogP) is 4.38. The van der Waals surface area contributed by atoms with E-state index in [1.54, 1.807) is 24.3 Å². The number of esters is 2. The van der Waals surface area contributed by atoms with Gasteiger partial charge >= 0.3 is 35.8 Å². The molecule has 0 unspecified atom stereocenters. The third kappa shape index (κ3) is 4.92. The number of carbonyl (C=O) groups is 6. The quantitative estimate of drug-likeness (QED) is 0.127. The van der Waals surface area contributed by atoms with E-state index in [9.17, 15) is 49.2 Å². The van der Waals surface area contributed by atoms with Crippen molar-refractivity contribution in [3.63, 3.8) is 0 Å². The molecule has 0 saturated carbocycles. The Morgan fingerprint density at radius 1 is 0.404 bits per heavy atom. The summed E-state index contributed by atoms with van der Waals surface area (Å²) >= 11 is 0. The van der Waals surface area contributed by atoms with Gasteiger partial charge in [0, 0.05) is 0 Å². The van der Waals surface area contributed by atoms with Gasteiger partial charge in [0.25, 0.3) is 10.8 Å². The fraction of sp³-hybridized carbons (Fsp3) is 0.167. The van der Waals surface area contributed by atoms with Crippen molar-refractivity contribution in [3.05, 3.63) is 144 Å². The summed E-state index contributed by atoms with van der Waals surface area (Å²) in [6, 6.07) is 29.1. The fourth-order valence-electron chi connectivity index (χ4n) is 6.32. The summed E-state index contributed by atoms with van der Waals surface area (Å²) in [5.74, 6) is -13.4. The molecule has 4 aromatic rings. The Labute approximate surface area is 268 Å². The van der Waals surface area contributed by atoms with Crippen LogP contribution in [0, 0.1) is 10.8 Å². The van der Waals surface area contributed by atoms with E-state index in [-0.39, 0.29) is 22.3 Å². The summed E-state index contributed by atoms with van der Waals surface area (Å²) < 4.78 is 5.00. The van der Waals surface area contributed by atoms with Gasteiger partial charge in [-0.15, -0.1) is 0 Å². The van der Waals surface area contributed by atoms with Crippen molar-refractivity contribution < 1.29 is 53.9 Å². The normalized spacial score (nSPS) is 12.0. The molecule has 4 aromatic carbocycles. The maximum absolute atomic E-state index is 14.3. The van der Waals surface area contributed by atoms with E-state index < -0.39 is 57.5 Å². The molecule has 0 aliphatic carbocycles. The molecule has 0 aliphatic heterocycles. The van der Waals surface area contributed by atoms with Crippen LogP contribution in [0.15, 0.2) is 121 Å². The molecule has 4 N–H and O–H groups in total. The van der Waals surface area contributed by atoms with Gasteiger partial charge in [0.05, 0.1) is 10.8 Å². The number of carbonyl (C=O) groups excluding carboxylic acids is 2. The van der Waals surface area contributed by atoms with E-state index in [4.69, 9.17) is 4.74 Å². The SMILES string of the molecule is CC(c1ccccc1)(c1ccccc1)C(C(=O)O)(C(=O)O)C(=O)OC(=O)C(C(=O)O)(C(=O)O)C(C)(c1ccccc1)c1ccccc1. The highest BCUT2D eigenvalue weighted by atomic mass is 16.6. The van der Waals surface area contributed by atoms with Crippen LogP contribution in [0.25, 0.3) is 0 Å². The Kier molecular flexibility index (Phi) is 9.14. The number of hydrogen-bond donors (Lipinski definition) is 4. The van der Waals surface area contributed by atoms with E-state index in [2.05, 4.69) is 0 Å². The first-order chi connectivity index (χ1) is 22.2. The van der Waals surface area contributed by atoms with E-state index in [1.165, 1.54) is 97.1 Å². The van der Waals surface area contributed by atoms with Crippen LogP contribution < -0.4 is 0 Å². The van der Waals surface area contributed by atoms with Crippen molar-refractivity contribution in [2.45, 2.75) is 24.7 Å². The standard InChI is InChI=1S/C36H30O11/c1-33(23-15-7-3-8-16-23,24-17-9-4-10-18-24)35(27(37)38,28(39)40)31(45)47-32(46)36(29(41)42,30(43)44)34(2,25-19-11-5-12-20-25)26-21-13-6-14-22-26/h3-22H,1-2H3,(H,37,38)(H,39,40)(H,41,42)(H,43,44). The maximum atomic E-state index is 14.3. The Morgan fingerprint density at radius 2 is 0.596 bits per heavy atom. The van der Waals surface area contributed by atoms with Crippen LogP contribution in [0.1, 0.15) is 36.1 Å². The number of rotatable bonds is 12. The van der Waals surface area contributed by atoms with Crippen molar-refractivity contribution in [1.29, 1.82) is 0 Å². The van der Waals surface area contributed by atoms with Gasteiger partial charge in [-0.3, -0.25) is 19.2 Å². The largest absolute Gasteiger partial charge is 0.480 e. The number of benzene rings is 4. The lowest BCUT2D eigenvalue weighted by Crippen LogP contribution is -2.64. The summed E-state index contributed by atoms with van der Waals surface area (Å²) in [5.41, 5.74) is -11.8. The smallest absolute Gasteiger partial charge is 0.344 e. The highest BCUT2D eigenvalue weighted by Crippen LogP contribution is 2.52. The molecule has 0 bridgehead atoms. The molecule has 0 aliphatic rings. The van der Waals surface area contributed by atoms with E-state index >= 15 is 0 Å². The highest BCUT2D eigenvalue weighted by Gasteiger charge is 2.73. The van der Waals surface area contributed by atoms with Crippen molar-refractivity contribution >= 4 is 35.8 Å². The lowest BCUT2D eigenvalue weighted by Gasteiger charge is -2.43. The maximum Gasteiger partial charge on any atom is 0.344 e. The second-order valence-electron chi connectivity index (χ2n) is 11.1. The Balaban J connectivity index is 2.04. The predicted molar refractivity (Wildman–Crippen MR) is 165 cm³/mol. The van der Waals surface area contributed by atoms with E-state index in [0.29, 0.717) is 0 Å². The van der Waals surface area contributed by atoms with Crippen molar-refractivity contribution in [2.24, 2.45) is 10.8 Å². The molecule has 0 radical (unpaired) electrons. The number of ether oxygens (including phenoxy) is 1. The summed E-state index contributed by atoms with van der Waals surface area (Å²) in [5, 5.41) is 42.6. The zero-order valence-electron chi connectivity index (χ0n) is 25.2. The Hall–Kier alpha value is -6.10. The van der Waals surface area contributed by atoms with Gasteiger partial charge in [-0.05, 0) is 36.1 Å². The lowest BCUT2D eigenvalue weighted by molar-refractivity contribution is -0.192. The van der Waals surface area contributed by atoms with Crippen LogP contribution >= 0.6 is 0 Å². The molecule has 240 valence electrons. The Morgan fingerprint density at radius 3 is 0.766 bits per heavy atom. The van der Waals surface area contributed by atoms with Gasteiger partial charge in [-0.25, -0.2) is 9.59 Å². The fourth-order valence-corrected chi connectivity index (χ4v) is 6.32. The zero-order chi connectivity index (χ0) is 34.6. The minimum Gasteiger partial charge on any atom is -0.480 e. The zero-order valence-corrected chi connectivity index (χ0v) is 25.2. The van der Waals surface area contributed by atoms with Gasteiger partial charge in [-0.1, -0.05) is 121 Å². The van der Waals surface area contributed by atoms with E-state index in [1.807, 2.05) is 0 Å². The average Bonchev–Trinajstić information content (AvgIpc) is 3.06. The Bertz CT molecular complexity index is 1580. The molecule has 0 saturated heterocycles. The summed E-state index contributed by atoms with van der Waals surface area (Å²) in [6.45, 7) is 2.32. The minimum atomic E-state index is -3.65. The van der Waals surface area contributed by atoms with Crippen molar-refractivity contribution in [1.82, 2.24) is 0 Å². The lowest BCUT2D eigenvalue weighted by atomic mass is 9.56. The van der Waals surface area contributed by atoms with Crippen LogP contribution in [0.5, 0.6) is 0 Å². The second kappa shape index (κ2) is 12.7. The van der Waals surface area contributed by atoms with Crippen LogP contribution in [-0.2, 0) is 44.3 Å². The van der Waals surface area contributed by atoms with Gasteiger partial charge in [0.1, 0.15) is 0 Å². The van der Waals surface area contributed by atoms with Gasteiger partial charge in [0.2, 0.25) is 0 Å². The first-order valence-electron chi connectivity index (χ1n) is 14.2. The van der Waals surface area contributed by atoms with Crippen LogP contribution in [0.3, 0.4) is 0 Å². The molecule has 0 fully saturated rings. The second-order valence-corrected chi connectivity index (χ2v) is 11.1. The third-order valence-corrected chi connectivity index (χ3v) is 8.99. The molecule has 0 spiro atoms. The molecule has 47 heavy (non-hydrogen) atoms. The third-order valence-electron chi connectivity index (χ3n) is 8.99. The first kappa shape index (κ1) is 33.8. The molecule has 11 heteroatoms. The van der Waals surface area contributed by atoms with Crippen LogP contribution in [0.2, 0.25) is 0 Å². The molecule has 0 atom stereocenters. The van der Waals surface area contributed by atoms with Crippen LogP contribution in [-0.4, -0.2) is 56.2 Å². The molecule has 0 amide bonds. The number of carboxylic acids is 4. The van der Waals surface area contributed by atoms with E-state index in [0.717, 1.165) is 13.8 Å². The summed E-state index contributed by atoms with van der Waals surface area (Å²) in [4.78, 5) is 81.3. The number of carboxylic acid groups (broad SMARTS) is 4. The van der Waals surface area contributed by atoms with Gasteiger partial charge in [-0.2, -0.15) is 0 Å². The van der Waals surface area contributed by atoms with Crippen molar-refractivity contribution in [3.8, 4) is 0 Å². The molecule has 0 aromatic heterocycles. The average molecular weight is 639 g/mol. The highest BCUT2D eigenvalue weighted by molar-refractivity contribution is 6.25. The molecule has 0 heterocycles. The van der Waals surface area contributed by atoms with Gasteiger partial charge < -0.3 is 25.2 Å². The minimum absolute atomic E-state index is 0.0153. The molecular weight excluding hydrogens is 608 g/mol. The summed E-state index contributed by atoms with van der Waals surface area (Å²) in [7, 11) is 0. The number of aliphatic carboxylic acids is 4. The topological polar surface area (TPSA) is 193 Å². The molecule has 11 nitrogen and oxygen atoms in total. The van der Waals surface area contributed by atoms with Crippen molar-refractivity contribution in [2.75, 3.05) is 0 Å². The molecule has 4 rings (SSSR count). The van der Waals surface area contributed by atoms with Crippen LogP contribution in [0.4, 0.5) is 0 Å². The first-order valence-corrected chi connectivity index (χ1v) is 14.2. The van der Waals surface area contributed by atoms with Gasteiger partial charge in [0.15, 0.2) is 0 Å². The molecular formula is C36H30O11. The summed E-state index contributed by atoms with van der Waals surface area (Å²) in [6.07, 6.45) is 0. The monoisotopic (exact) mass is 638 g/mol.